The molecule has 4 atom stereocenters. The summed E-state index contributed by atoms with van der Waals surface area (Å²) < 4.78 is 0. The van der Waals surface area contributed by atoms with Crippen LogP contribution in [0.3, 0.4) is 0 Å². The molecule has 53 heavy (non-hydrogen) atoms. The maximum absolute atomic E-state index is 3.89. The van der Waals surface area contributed by atoms with Crippen molar-refractivity contribution in [3.8, 4) is 11.1 Å². The van der Waals surface area contributed by atoms with Gasteiger partial charge in [-0.15, -0.1) is 0 Å². The van der Waals surface area contributed by atoms with Crippen molar-refractivity contribution in [1.29, 1.82) is 0 Å². The Bertz CT molecular complexity index is 2650. The molecule has 4 unspecified atom stereocenters. The van der Waals surface area contributed by atoms with Crippen molar-refractivity contribution in [1.82, 2.24) is 0 Å². The number of anilines is 1. The van der Waals surface area contributed by atoms with Crippen LogP contribution < -0.4 is 5.32 Å². The summed E-state index contributed by atoms with van der Waals surface area (Å²) in [6.07, 6.45) is 9.52. The summed E-state index contributed by atoms with van der Waals surface area (Å²) in [4.78, 5) is 0. The molecule has 0 radical (unpaired) electrons. The molecule has 0 spiro atoms. The van der Waals surface area contributed by atoms with Gasteiger partial charge in [-0.2, -0.15) is 0 Å². The predicted molar refractivity (Wildman–Crippen MR) is 226 cm³/mol. The average molecular weight is 680 g/mol. The number of nitrogens with one attached hydrogen (secondary N) is 1. The van der Waals surface area contributed by atoms with Crippen molar-refractivity contribution in [2.45, 2.75) is 30.7 Å². The molecule has 1 N–H and O–H groups in total. The highest BCUT2D eigenvalue weighted by Gasteiger charge is 2.33. The number of rotatable bonds is 6. The molecule has 8 aromatic carbocycles. The van der Waals surface area contributed by atoms with E-state index in [1.54, 1.807) is 0 Å². The largest absolute Gasteiger partial charge is 0.378 e. The van der Waals surface area contributed by atoms with E-state index in [-0.39, 0.29) is 6.04 Å². The maximum atomic E-state index is 3.89. The molecule has 1 nitrogen and oxygen atoms in total. The third-order valence-electron chi connectivity index (χ3n) is 11.8. The minimum atomic E-state index is 0.192. The molecule has 2 aliphatic carbocycles. The van der Waals surface area contributed by atoms with Crippen molar-refractivity contribution >= 4 is 43.6 Å². The van der Waals surface area contributed by atoms with Crippen LogP contribution >= 0.6 is 0 Å². The fraction of sp³-hybridized carbons (Fsp3) is 0.115. The van der Waals surface area contributed by atoms with Crippen molar-refractivity contribution in [3.63, 3.8) is 0 Å². The van der Waals surface area contributed by atoms with Crippen molar-refractivity contribution in [2.75, 3.05) is 5.32 Å². The topological polar surface area (TPSA) is 12.0 Å². The summed E-state index contributed by atoms with van der Waals surface area (Å²) >= 11 is 0. The standard InChI is InChI=1S/C52H41N/c1-3-11-36(12-4-1)44-30-31-45(47-18-10-9-17-46(44)47)41-27-32-52(53-42-14-5-2-6-15-42)51(34-41)39-21-19-35(20-22-39)40-24-23-38-26-28-48-43-16-8-7-13-37(43)25-29-49(48)50(38)33-40/h1-29,31-33,41,44,51-53H,30,34H2. The molecular weight excluding hydrogens is 639 g/mol. The normalized spacial score (nSPS) is 19.6. The number of para-hydroxylation sites is 1. The molecule has 0 aromatic heterocycles. The average Bonchev–Trinajstić information content (AvgIpc) is 3.24. The second-order valence-electron chi connectivity index (χ2n) is 14.8. The van der Waals surface area contributed by atoms with Gasteiger partial charge in [0, 0.05) is 23.4 Å². The van der Waals surface area contributed by atoms with E-state index in [4.69, 9.17) is 0 Å². The number of hydrogen-bond donors (Lipinski definition) is 1. The SMILES string of the molecule is C1=CC(Nc2ccccc2)C(c2ccc(-c3ccc4ccc5c6ccccc6ccc5c4c3)cc2)CC1C1=CCC(c2ccccc2)c2ccccc21. The van der Waals surface area contributed by atoms with Gasteiger partial charge < -0.3 is 5.32 Å². The van der Waals surface area contributed by atoms with E-state index in [1.165, 1.54) is 71.3 Å². The zero-order valence-electron chi connectivity index (χ0n) is 29.7. The molecule has 0 saturated carbocycles. The van der Waals surface area contributed by atoms with E-state index < -0.39 is 0 Å². The van der Waals surface area contributed by atoms with Gasteiger partial charge in [0.25, 0.3) is 0 Å². The van der Waals surface area contributed by atoms with Crippen LogP contribution in [0.15, 0.2) is 194 Å². The zero-order chi connectivity index (χ0) is 35.1. The molecule has 2 aliphatic rings. The van der Waals surface area contributed by atoms with Crippen LogP contribution in [0.4, 0.5) is 5.69 Å². The lowest BCUT2D eigenvalue weighted by Gasteiger charge is -2.36. The lowest BCUT2D eigenvalue weighted by molar-refractivity contribution is 0.520. The first kappa shape index (κ1) is 31.5. The molecule has 254 valence electrons. The Morgan fingerprint density at radius 3 is 1.96 bits per heavy atom. The first-order chi connectivity index (χ1) is 26.3. The molecule has 0 aliphatic heterocycles. The number of benzene rings is 8. The summed E-state index contributed by atoms with van der Waals surface area (Å²) in [6.45, 7) is 0. The van der Waals surface area contributed by atoms with Gasteiger partial charge in [-0.3, -0.25) is 0 Å². The monoisotopic (exact) mass is 679 g/mol. The lowest BCUT2D eigenvalue weighted by Crippen LogP contribution is -2.31. The van der Waals surface area contributed by atoms with Crippen molar-refractivity contribution in [3.05, 3.63) is 216 Å². The number of fused-ring (bicyclic) bond motifs is 6. The third-order valence-corrected chi connectivity index (χ3v) is 11.8. The van der Waals surface area contributed by atoms with Gasteiger partial charge in [0.1, 0.15) is 0 Å². The van der Waals surface area contributed by atoms with E-state index in [0.717, 1.165) is 18.5 Å². The Balaban J connectivity index is 0.990. The quantitative estimate of drug-likeness (QED) is 0.136. The van der Waals surface area contributed by atoms with Crippen LogP contribution in [0.25, 0.3) is 49.0 Å². The zero-order valence-corrected chi connectivity index (χ0v) is 29.7. The molecule has 0 heterocycles. The highest BCUT2D eigenvalue weighted by Crippen LogP contribution is 2.46. The summed E-state index contributed by atoms with van der Waals surface area (Å²) in [5.74, 6) is 1.05. The summed E-state index contributed by atoms with van der Waals surface area (Å²) in [5.41, 5.74) is 10.8. The molecule has 0 bridgehead atoms. The fourth-order valence-electron chi connectivity index (χ4n) is 9.15. The van der Waals surface area contributed by atoms with E-state index in [2.05, 4.69) is 199 Å². The van der Waals surface area contributed by atoms with E-state index in [1.807, 2.05) is 0 Å². The van der Waals surface area contributed by atoms with Crippen LogP contribution in [0.2, 0.25) is 0 Å². The minimum absolute atomic E-state index is 0.192. The molecular formula is C52H41N. The van der Waals surface area contributed by atoms with Gasteiger partial charge in [0.2, 0.25) is 0 Å². The lowest BCUT2D eigenvalue weighted by atomic mass is 9.70. The van der Waals surface area contributed by atoms with E-state index in [9.17, 15) is 0 Å². The van der Waals surface area contributed by atoms with Crippen LogP contribution in [0, 0.1) is 5.92 Å². The first-order valence-corrected chi connectivity index (χ1v) is 19.1. The predicted octanol–water partition coefficient (Wildman–Crippen LogP) is 13.6. The number of allylic oxidation sites excluding steroid dienone is 3. The molecule has 8 aromatic rings. The third kappa shape index (κ3) is 5.83. The smallest absolute Gasteiger partial charge is 0.0513 e. The minimum Gasteiger partial charge on any atom is -0.378 e. The van der Waals surface area contributed by atoms with Gasteiger partial charge in [-0.25, -0.2) is 0 Å². The summed E-state index contributed by atoms with van der Waals surface area (Å²) in [6, 6.07) is 65.2. The number of hydrogen-bond acceptors (Lipinski definition) is 1. The van der Waals surface area contributed by atoms with Gasteiger partial charge in [-0.1, -0.05) is 176 Å². The van der Waals surface area contributed by atoms with Gasteiger partial charge in [0.05, 0.1) is 6.04 Å². The Hall–Kier alpha value is -6.18. The van der Waals surface area contributed by atoms with Crippen molar-refractivity contribution in [2.24, 2.45) is 5.92 Å². The second kappa shape index (κ2) is 13.4. The second-order valence-corrected chi connectivity index (χ2v) is 14.8. The Morgan fingerprint density at radius 1 is 0.472 bits per heavy atom. The van der Waals surface area contributed by atoms with Crippen LogP contribution in [-0.2, 0) is 0 Å². The van der Waals surface area contributed by atoms with Crippen molar-refractivity contribution < 1.29 is 0 Å². The molecule has 0 amide bonds. The molecule has 10 rings (SSSR count). The first-order valence-electron chi connectivity index (χ1n) is 19.1. The fourth-order valence-corrected chi connectivity index (χ4v) is 9.15. The Kier molecular flexibility index (Phi) is 7.99. The molecule has 1 heteroatoms. The van der Waals surface area contributed by atoms with Gasteiger partial charge >= 0.3 is 0 Å². The molecule has 0 fully saturated rings. The highest BCUT2D eigenvalue weighted by molar-refractivity contribution is 6.17. The maximum Gasteiger partial charge on any atom is 0.0513 e. The highest BCUT2D eigenvalue weighted by atomic mass is 14.9. The van der Waals surface area contributed by atoms with Crippen LogP contribution in [0.1, 0.15) is 46.9 Å². The van der Waals surface area contributed by atoms with E-state index >= 15 is 0 Å². The molecule has 0 saturated heterocycles. The van der Waals surface area contributed by atoms with Gasteiger partial charge in [0.15, 0.2) is 0 Å². The van der Waals surface area contributed by atoms with Crippen LogP contribution in [0.5, 0.6) is 0 Å². The van der Waals surface area contributed by atoms with Crippen LogP contribution in [-0.4, -0.2) is 6.04 Å². The Labute approximate surface area is 312 Å². The van der Waals surface area contributed by atoms with Gasteiger partial charge in [-0.05, 0) is 102 Å². The summed E-state index contributed by atoms with van der Waals surface area (Å²) in [5, 5.41) is 11.7. The summed E-state index contributed by atoms with van der Waals surface area (Å²) in [7, 11) is 0. The Morgan fingerprint density at radius 2 is 1.13 bits per heavy atom. The van der Waals surface area contributed by atoms with E-state index in [0.29, 0.717) is 17.8 Å².